The number of aromatic hydroxyl groups is 2. The summed E-state index contributed by atoms with van der Waals surface area (Å²) in [6.07, 6.45) is 1.66. The van der Waals surface area contributed by atoms with E-state index in [1.54, 1.807) is 6.92 Å². The molecule has 34 heavy (non-hydrogen) atoms. The number of phenols is 2. The second-order valence-corrected chi connectivity index (χ2v) is 7.82. The molecule has 0 heterocycles. The molecular weight excluding hydrogens is 432 g/mol. The van der Waals surface area contributed by atoms with E-state index in [0.717, 1.165) is 11.1 Å². The Labute approximate surface area is 197 Å². The number of nitrogens with one attached hydrogen (secondary N) is 2. The minimum atomic E-state index is -1.07. The molecule has 4 N–H and O–H groups in total. The van der Waals surface area contributed by atoms with Gasteiger partial charge in [-0.2, -0.15) is 0 Å². The smallest absolute Gasteiger partial charge is 0.289 e. The number of rotatable bonds is 9. The first-order valence-electron chi connectivity index (χ1n) is 10.7. The van der Waals surface area contributed by atoms with Crippen LogP contribution in [-0.4, -0.2) is 33.9 Å². The summed E-state index contributed by atoms with van der Waals surface area (Å²) in [4.78, 5) is 38.4. The van der Waals surface area contributed by atoms with Crippen molar-refractivity contribution in [2.24, 2.45) is 0 Å². The van der Waals surface area contributed by atoms with Gasteiger partial charge >= 0.3 is 0 Å². The summed E-state index contributed by atoms with van der Waals surface area (Å²) < 4.78 is 0. The van der Waals surface area contributed by atoms with Crippen LogP contribution in [0.15, 0.2) is 84.4 Å². The van der Waals surface area contributed by atoms with Crippen LogP contribution < -0.4 is 10.6 Å². The maximum absolute atomic E-state index is 13.0. The first-order valence-corrected chi connectivity index (χ1v) is 10.7. The third-order valence-corrected chi connectivity index (χ3v) is 5.16. The molecule has 7 heteroatoms. The van der Waals surface area contributed by atoms with Gasteiger partial charge < -0.3 is 20.8 Å². The molecule has 7 nitrogen and oxygen atoms in total. The third-order valence-electron chi connectivity index (χ3n) is 5.16. The monoisotopic (exact) mass is 458 g/mol. The first-order chi connectivity index (χ1) is 16.3. The SMILES string of the molecule is C/C(=C\c1ccc(O)c(O)c1)C(=O)N[C@@H](Cc1ccccc1)C(=O)C(=O)NCc1ccccc1. The number of carbonyl (C=O) groups is 3. The standard InChI is InChI=1S/C27H26N2O5/c1-18(14-21-12-13-23(30)24(31)16-21)26(33)29-22(15-19-8-4-2-5-9-19)25(32)27(34)28-17-20-10-6-3-7-11-20/h2-14,16,22,30-31H,15,17H2,1H3,(H,28,34)(H,29,33)/b18-14+/t22-/m0/s1. The first kappa shape index (κ1) is 24.3. The van der Waals surface area contributed by atoms with Crippen LogP contribution in [0, 0.1) is 0 Å². The van der Waals surface area contributed by atoms with Gasteiger partial charge in [0.05, 0.1) is 0 Å². The summed E-state index contributed by atoms with van der Waals surface area (Å²) in [6.45, 7) is 1.75. The van der Waals surface area contributed by atoms with Crippen LogP contribution in [0.1, 0.15) is 23.6 Å². The molecule has 0 aromatic heterocycles. The normalized spacial score (nSPS) is 12.0. The van der Waals surface area contributed by atoms with Crippen LogP contribution in [0.5, 0.6) is 11.5 Å². The van der Waals surface area contributed by atoms with Crippen LogP contribution in [0.3, 0.4) is 0 Å². The number of hydrogen-bond donors (Lipinski definition) is 4. The molecule has 0 saturated carbocycles. The van der Waals surface area contributed by atoms with E-state index < -0.39 is 23.6 Å². The Morgan fingerprint density at radius 1 is 0.824 bits per heavy atom. The van der Waals surface area contributed by atoms with Gasteiger partial charge in [-0.3, -0.25) is 14.4 Å². The highest BCUT2D eigenvalue weighted by Crippen LogP contribution is 2.25. The number of benzene rings is 3. The molecule has 0 aliphatic carbocycles. The Morgan fingerprint density at radius 2 is 1.44 bits per heavy atom. The second-order valence-electron chi connectivity index (χ2n) is 7.82. The average Bonchev–Trinajstić information content (AvgIpc) is 2.85. The summed E-state index contributed by atoms with van der Waals surface area (Å²) in [5, 5.41) is 24.4. The van der Waals surface area contributed by atoms with Crippen molar-refractivity contribution in [2.75, 3.05) is 0 Å². The second kappa shape index (κ2) is 11.5. The molecule has 0 aliphatic rings. The zero-order valence-electron chi connectivity index (χ0n) is 18.7. The quantitative estimate of drug-likeness (QED) is 0.223. The lowest BCUT2D eigenvalue weighted by molar-refractivity contribution is -0.139. The molecule has 2 amide bonds. The van der Waals surface area contributed by atoms with Crippen LogP contribution in [0.4, 0.5) is 0 Å². The van der Waals surface area contributed by atoms with E-state index in [0.29, 0.717) is 5.56 Å². The summed E-state index contributed by atoms with van der Waals surface area (Å²) in [5.74, 6) is -2.64. The van der Waals surface area contributed by atoms with Crippen molar-refractivity contribution in [3.63, 3.8) is 0 Å². The number of amides is 2. The minimum Gasteiger partial charge on any atom is -0.504 e. The van der Waals surface area contributed by atoms with Crippen molar-refractivity contribution in [3.8, 4) is 11.5 Å². The van der Waals surface area contributed by atoms with Crippen molar-refractivity contribution >= 4 is 23.7 Å². The number of ketones is 1. The van der Waals surface area contributed by atoms with Gasteiger partial charge in [0.2, 0.25) is 11.7 Å². The molecule has 0 unspecified atom stereocenters. The molecular formula is C27H26N2O5. The van der Waals surface area contributed by atoms with Crippen LogP contribution in [0.2, 0.25) is 0 Å². The Balaban J connectivity index is 1.74. The predicted octanol–water partition coefficient (Wildman–Crippen LogP) is 3.11. The lowest BCUT2D eigenvalue weighted by atomic mass is 10.0. The number of hydrogen-bond acceptors (Lipinski definition) is 5. The molecule has 174 valence electrons. The van der Waals surface area contributed by atoms with Gasteiger partial charge in [0.1, 0.15) is 6.04 Å². The van der Waals surface area contributed by atoms with Gasteiger partial charge in [0, 0.05) is 18.5 Å². The Hall–Kier alpha value is -4.39. The van der Waals surface area contributed by atoms with Gasteiger partial charge in [-0.25, -0.2) is 0 Å². The largest absolute Gasteiger partial charge is 0.504 e. The summed E-state index contributed by atoms with van der Waals surface area (Å²) in [6, 6.07) is 21.4. The predicted molar refractivity (Wildman–Crippen MR) is 129 cm³/mol. The van der Waals surface area contributed by atoms with Crippen molar-refractivity contribution < 1.29 is 24.6 Å². The van der Waals surface area contributed by atoms with Crippen molar-refractivity contribution in [1.82, 2.24) is 10.6 Å². The molecule has 3 aromatic carbocycles. The highest BCUT2D eigenvalue weighted by molar-refractivity contribution is 6.38. The zero-order chi connectivity index (χ0) is 24.5. The Morgan fingerprint density at radius 3 is 2.06 bits per heavy atom. The van der Waals surface area contributed by atoms with Gasteiger partial charge in [-0.1, -0.05) is 66.7 Å². The highest BCUT2D eigenvalue weighted by Gasteiger charge is 2.27. The van der Waals surface area contributed by atoms with Gasteiger partial charge in [0.25, 0.3) is 5.91 Å². The Kier molecular flexibility index (Phi) is 8.18. The van der Waals surface area contributed by atoms with E-state index in [9.17, 15) is 24.6 Å². The van der Waals surface area contributed by atoms with E-state index >= 15 is 0 Å². The van der Waals surface area contributed by atoms with E-state index in [4.69, 9.17) is 0 Å². The van der Waals surface area contributed by atoms with Gasteiger partial charge in [0.15, 0.2) is 11.5 Å². The van der Waals surface area contributed by atoms with E-state index in [1.165, 1.54) is 24.3 Å². The molecule has 3 rings (SSSR count). The van der Waals surface area contributed by atoms with E-state index in [-0.39, 0.29) is 30.0 Å². The van der Waals surface area contributed by atoms with Crippen LogP contribution in [-0.2, 0) is 27.3 Å². The highest BCUT2D eigenvalue weighted by atomic mass is 16.3. The molecule has 0 fully saturated rings. The number of carbonyl (C=O) groups excluding carboxylic acids is 3. The molecule has 0 bridgehead atoms. The molecule has 1 atom stereocenters. The summed E-state index contributed by atoms with van der Waals surface area (Å²) >= 11 is 0. The van der Waals surface area contributed by atoms with Crippen LogP contribution >= 0.6 is 0 Å². The van der Waals surface area contributed by atoms with E-state index in [1.807, 2.05) is 60.7 Å². The number of Topliss-reactive ketones (excluding diaryl/α,β-unsaturated/α-hetero) is 1. The average molecular weight is 459 g/mol. The lowest BCUT2D eigenvalue weighted by Crippen LogP contribution is -2.48. The van der Waals surface area contributed by atoms with Crippen molar-refractivity contribution in [1.29, 1.82) is 0 Å². The van der Waals surface area contributed by atoms with Crippen molar-refractivity contribution in [2.45, 2.75) is 25.9 Å². The summed E-state index contributed by atoms with van der Waals surface area (Å²) in [5.41, 5.74) is 2.40. The molecule has 0 radical (unpaired) electrons. The lowest BCUT2D eigenvalue weighted by Gasteiger charge is -2.18. The Bertz CT molecular complexity index is 1190. The fourth-order valence-electron chi connectivity index (χ4n) is 3.30. The zero-order valence-corrected chi connectivity index (χ0v) is 18.7. The van der Waals surface area contributed by atoms with Gasteiger partial charge in [-0.15, -0.1) is 0 Å². The molecule has 0 saturated heterocycles. The minimum absolute atomic E-state index is 0.150. The summed E-state index contributed by atoms with van der Waals surface area (Å²) in [7, 11) is 0. The molecule has 0 spiro atoms. The van der Waals surface area contributed by atoms with E-state index in [2.05, 4.69) is 10.6 Å². The maximum Gasteiger partial charge on any atom is 0.289 e. The number of phenolic OH excluding ortho intramolecular Hbond substituents is 2. The van der Waals surface area contributed by atoms with Crippen molar-refractivity contribution in [3.05, 3.63) is 101 Å². The maximum atomic E-state index is 13.0. The fourth-order valence-corrected chi connectivity index (χ4v) is 3.30. The van der Waals surface area contributed by atoms with Gasteiger partial charge in [-0.05, 0) is 41.8 Å². The fraction of sp³-hybridized carbons (Fsp3) is 0.148. The molecule has 0 aliphatic heterocycles. The van der Waals surface area contributed by atoms with Crippen LogP contribution in [0.25, 0.3) is 6.08 Å². The molecule has 3 aromatic rings. The third kappa shape index (κ3) is 6.80. The topological polar surface area (TPSA) is 116 Å².